The summed E-state index contributed by atoms with van der Waals surface area (Å²) in [6, 6.07) is 5.14. The van der Waals surface area contributed by atoms with Crippen molar-refractivity contribution in [3.05, 3.63) is 42.8 Å². The maximum atomic E-state index is 12.2. The van der Waals surface area contributed by atoms with Gasteiger partial charge in [-0.25, -0.2) is 0 Å². The Balaban J connectivity index is 0.00000200. The van der Waals surface area contributed by atoms with E-state index < -0.39 is 0 Å². The largest absolute Gasteiger partial charge is 1.00 e. The number of Topliss-reactive ketones (excluding diaryl/α,β-unsaturated/α-hetero) is 1. The molecule has 0 aromatic heterocycles. The van der Waals surface area contributed by atoms with E-state index in [9.17, 15) is 4.79 Å². The highest BCUT2D eigenvalue weighted by Crippen LogP contribution is 2.23. The molecule has 1 aliphatic rings. The zero-order valence-corrected chi connectivity index (χ0v) is 13.2. The van der Waals surface area contributed by atoms with E-state index in [-0.39, 0.29) is 29.3 Å². The maximum absolute atomic E-state index is 12.2. The molecule has 1 aromatic carbocycles. The van der Waals surface area contributed by atoms with Crippen LogP contribution in [0.3, 0.4) is 0 Å². The Hall–Kier alpha value is -1.82. The zero-order chi connectivity index (χ0) is 13.8. The lowest BCUT2D eigenvalue weighted by molar-refractivity contribution is -0.0000124. The predicted octanol–water partition coefficient (Wildman–Crippen LogP) is -1.39. The Bertz CT molecular complexity index is 483. The van der Waals surface area contributed by atoms with Crippen molar-refractivity contribution in [2.75, 3.05) is 27.8 Å². The number of hydrogen-bond donors (Lipinski definition) is 0. The van der Waals surface area contributed by atoms with Gasteiger partial charge in [-0.05, 0) is 12.1 Å². The van der Waals surface area contributed by atoms with Crippen LogP contribution in [0.1, 0.15) is 10.4 Å². The predicted molar refractivity (Wildman–Crippen MR) is 70.7 cm³/mol. The van der Waals surface area contributed by atoms with Gasteiger partial charge in [0, 0.05) is 11.6 Å². The van der Waals surface area contributed by atoms with E-state index in [1.807, 2.05) is 13.2 Å². The molecule has 0 unspecified atom stereocenters. The van der Waals surface area contributed by atoms with E-state index in [2.05, 4.69) is 6.67 Å². The number of carbonyl (C=O) groups is 1. The molecule has 0 amide bonds. The number of carbonyl (C=O) groups excluding carboxylic acids is 1. The first kappa shape index (κ1) is 16.2. The molecular formula is C14H16BrN2O3. The molecule has 0 fully saturated rings. The summed E-state index contributed by atoms with van der Waals surface area (Å²) in [4.78, 5) is 15.7. The van der Waals surface area contributed by atoms with Crippen molar-refractivity contribution < 1.29 is 31.2 Å². The van der Waals surface area contributed by atoms with E-state index in [1.165, 1.54) is 0 Å². The molecule has 0 atom stereocenters. The third-order valence-electron chi connectivity index (χ3n) is 2.74. The van der Waals surface area contributed by atoms with E-state index in [1.54, 1.807) is 48.4 Å². The van der Waals surface area contributed by atoms with E-state index in [0.29, 0.717) is 17.1 Å². The summed E-state index contributed by atoms with van der Waals surface area (Å²) in [6.45, 7) is 3.22. The first-order valence-electron chi connectivity index (χ1n) is 5.82. The normalized spacial score (nSPS) is 12.8. The number of ketones is 1. The number of methoxy groups -OCH3 is 2. The number of hydrogen-bond acceptors (Lipinski definition) is 5. The van der Waals surface area contributed by atoms with Gasteiger partial charge in [0.25, 0.3) is 0 Å². The van der Waals surface area contributed by atoms with Gasteiger partial charge in [0.15, 0.2) is 5.78 Å². The van der Waals surface area contributed by atoms with Crippen molar-refractivity contribution in [3.63, 3.8) is 0 Å². The highest BCUT2D eigenvalue weighted by atomic mass is 79.9. The lowest BCUT2D eigenvalue weighted by atomic mass is 10.1. The summed E-state index contributed by atoms with van der Waals surface area (Å²) in [5.74, 6) is 1.18. The Morgan fingerprint density at radius 1 is 1.15 bits per heavy atom. The van der Waals surface area contributed by atoms with Crippen molar-refractivity contribution >= 4 is 5.78 Å². The van der Waals surface area contributed by atoms with Gasteiger partial charge in [0.2, 0.25) is 0 Å². The molecule has 0 saturated heterocycles. The molecule has 107 valence electrons. The number of halogens is 1. The molecule has 2 rings (SSSR count). The van der Waals surface area contributed by atoms with Crippen LogP contribution in [0.4, 0.5) is 0 Å². The van der Waals surface area contributed by atoms with Gasteiger partial charge >= 0.3 is 6.67 Å². The van der Waals surface area contributed by atoms with Gasteiger partial charge in [0.1, 0.15) is 18.0 Å². The van der Waals surface area contributed by atoms with Gasteiger partial charge in [-0.15, -0.1) is 9.80 Å². The summed E-state index contributed by atoms with van der Waals surface area (Å²) < 4.78 is 10.3. The van der Waals surface area contributed by atoms with Gasteiger partial charge in [0.05, 0.1) is 33.7 Å². The smallest absolute Gasteiger partial charge is 0.564 e. The molecular weight excluding hydrogens is 324 g/mol. The first-order valence-corrected chi connectivity index (χ1v) is 5.82. The minimum absolute atomic E-state index is 0. The fourth-order valence-electron chi connectivity index (χ4n) is 1.75. The fraction of sp³-hybridized carbons (Fsp3) is 0.286. The summed E-state index contributed by atoms with van der Waals surface area (Å²) in [5, 5.41) is 0. The maximum Gasteiger partial charge on any atom is 0.564 e. The van der Waals surface area contributed by atoms with Crippen molar-refractivity contribution in [2.24, 2.45) is 0 Å². The van der Waals surface area contributed by atoms with Crippen LogP contribution in [0, 0.1) is 6.67 Å². The number of ether oxygens (including phenoxy) is 2. The molecule has 1 aromatic rings. The summed E-state index contributed by atoms with van der Waals surface area (Å²) >= 11 is 0. The van der Waals surface area contributed by atoms with E-state index >= 15 is 0 Å². The molecule has 1 heterocycles. The fourth-order valence-corrected chi connectivity index (χ4v) is 1.75. The number of nitrogens with zero attached hydrogens (tertiary/aromatic N) is 2. The second-order valence-corrected chi connectivity index (χ2v) is 4.16. The average Bonchev–Trinajstić information content (AvgIpc) is 2.83. The summed E-state index contributed by atoms with van der Waals surface area (Å²) in [7, 11) is 4.97. The minimum Gasteiger partial charge on any atom is -1.00 e. The minimum atomic E-state index is -0.0235. The second kappa shape index (κ2) is 7.09. The molecule has 6 heteroatoms. The molecule has 1 radical (unpaired) electrons. The molecule has 0 aliphatic carbocycles. The van der Waals surface area contributed by atoms with Gasteiger partial charge in [-0.2, -0.15) is 0 Å². The number of rotatable bonds is 5. The Morgan fingerprint density at radius 3 is 2.20 bits per heavy atom. The van der Waals surface area contributed by atoms with E-state index in [0.717, 1.165) is 0 Å². The van der Waals surface area contributed by atoms with Crippen molar-refractivity contribution in [3.8, 4) is 11.5 Å². The van der Waals surface area contributed by atoms with Crippen LogP contribution in [0.25, 0.3) is 0 Å². The molecule has 0 N–H and O–H groups in total. The van der Waals surface area contributed by atoms with Crippen LogP contribution in [-0.2, 0) is 0 Å². The molecule has 0 saturated carbocycles. The van der Waals surface area contributed by atoms with Crippen LogP contribution >= 0.6 is 0 Å². The van der Waals surface area contributed by atoms with Gasteiger partial charge < -0.3 is 26.5 Å². The Morgan fingerprint density at radius 2 is 1.75 bits per heavy atom. The van der Waals surface area contributed by atoms with Crippen LogP contribution in [0.5, 0.6) is 11.5 Å². The summed E-state index contributed by atoms with van der Waals surface area (Å²) in [5.41, 5.74) is 0.556. The quantitative estimate of drug-likeness (QED) is 0.488. The Labute approximate surface area is 129 Å². The van der Waals surface area contributed by atoms with Crippen molar-refractivity contribution in [1.82, 2.24) is 9.80 Å². The third kappa shape index (κ3) is 3.84. The molecule has 0 bridgehead atoms. The van der Waals surface area contributed by atoms with Crippen molar-refractivity contribution in [1.29, 1.82) is 0 Å². The van der Waals surface area contributed by atoms with Gasteiger partial charge in [-0.1, -0.05) is 0 Å². The van der Waals surface area contributed by atoms with Crippen LogP contribution in [-0.4, -0.2) is 43.4 Å². The number of benzene rings is 1. The van der Waals surface area contributed by atoms with Crippen LogP contribution in [0.2, 0.25) is 0 Å². The molecule has 5 nitrogen and oxygen atoms in total. The topological polar surface area (TPSA) is 42.0 Å². The highest BCUT2D eigenvalue weighted by Gasteiger charge is 2.30. The summed E-state index contributed by atoms with van der Waals surface area (Å²) in [6.07, 6.45) is 3.63. The SMILES string of the molecule is COc1cc(OC)cc(C(=O)CN2[C+]N(C)C=C2)c1.[Br-]. The molecule has 20 heavy (non-hydrogen) atoms. The second-order valence-electron chi connectivity index (χ2n) is 4.16. The first-order chi connectivity index (χ1) is 9.12. The van der Waals surface area contributed by atoms with E-state index in [4.69, 9.17) is 9.47 Å². The zero-order valence-electron chi connectivity index (χ0n) is 11.6. The Kier molecular flexibility index (Phi) is 5.76. The van der Waals surface area contributed by atoms with Crippen LogP contribution in [0.15, 0.2) is 30.6 Å². The van der Waals surface area contributed by atoms with Crippen molar-refractivity contribution in [2.45, 2.75) is 0 Å². The lowest BCUT2D eigenvalue weighted by Gasteiger charge is -2.08. The third-order valence-corrected chi connectivity index (χ3v) is 2.74. The molecule has 1 aliphatic heterocycles. The lowest BCUT2D eigenvalue weighted by Crippen LogP contribution is -3.00. The standard InChI is InChI=1S/C14H16N2O3.BrH/c1-15-4-5-16(10-15)9-14(17)11-6-12(18-2)8-13(7-11)19-3;/h4-8H,9H2,1-3H3;1H/q+1;/p-1. The highest BCUT2D eigenvalue weighted by molar-refractivity contribution is 5.98. The average molecular weight is 340 g/mol. The monoisotopic (exact) mass is 339 g/mol. The molecule has 0 spiro atoms. The van der Waals surface area contributed by atoms with Crippen LogP contribution < -0.4 is 26.5 Å². The van der Waals surface area contributed by atoms with Gasteiger partial charge in [-0.3, -0.25) is 4.79 Å².